The second-order valence-corrected chi connectivity index (χ2v) is 6.40. The summed E-state index contributed by atoms with van der Waals surface area (Å²) in [7, 11) is 0. The number of aryl methyl sites for hydroxylation is 2. The number of nitrogens with one attached hydrogen (secondary N) is 1. The Kier molecular flexibility index (Phi) is 4.29. The maximum absolute atomic E-state index is 12.5. The molecule has 0 unspecified atom stereocenters. The third-order valence-corrected chi connectivity index (χ3v) is 4.51. The Morgan fingerprint density at radius 1 is 1.12 bits per heavy atom. The Morgan fingerprint density at radius 3 is 2.84 bits per heavy atom. The normalized spacial score (nSPS) is 13.3. The van der Waals surface area contributed by atoms with Gasteiger partial charge in [0.25, 0.3) is 5.91 Å². The Morgan fingerprint density at radius 2 is 1.96 bits per heavy atom. The molecule has 1 N–H and O–H groups in total. The second kappa shape index (κ2) is 6.89. The number of anilines is 1. The van der Waals surface area contributed by atoms with Gasteiger partial charge in [-0.15, -0.1) is 0 Å². The molecule has 1 aliphatic rings. The molecule has 5 nitrogen and oxygen atoms in total. The van der Waals surface area contributed by atoms with E-state index < -0.39 is 0 Å². The van der Waals surface area contributed by atoms with Gasteiger partial charge in [-0.2, -0.15) is 5.10 Å². The quantitative estimate of drug-likeness (QED) is 0.796. The smallest absolute Gasteiger partial charge is 0.257 e. The molecule has 0 atom stereocenters. The largest absolute Gasteiger partial charge is 0.319 e. The zero-order valence-corrected chi connectivity index (χ0v) is 14.0. The van der Waals surface area contributed by atoms with Gasteiger partial charge < -0.3 is 5.32 Å². The standard InChI is InChI=1S/C20H20N4O/c25-20(17-10-16-8-4-5-9-19(16)21-11-17)23-18-12-22-24(14-18)13-15-6-2-1-3-7-15/h1-3,6-7,10-12,14H,4-5,8-9,13H2,(H,23,25). The van der Waals surface area contributed by atoms with Gasteiger partial charge in [-0.1, -0.05) is 30.3 Å². The molecule has 1 aliphatic carbocycles. The van der Waals surface area contributed by atoms with Crippen molar-refractivity contribution < 1.29 is 4.79 Å². The van der Waals surface area contributed by atoms with Crippen molar-refractivity contribution in [2.24, 2.45) is 0 Å². The molecule has 25 heavy (non-hydrogen) atoms. The third kappa shape index (κ3) is 3.60. The molecule has 0 aliphatic heterocycles. The van der Waals surface area contributed by atoms with Crippen LogP contribution in [0.15, 0.2) is 55.0 Å². The fourth-order valence-corrected chi connectivity index (χ4v) is 3.20. The molecule has 0 saturated heterocycles. The number of hydrogen-bond acceptors (Lipinski definition) is 3. The SMILES string of the molecule is O=C(Nc1cnn(Cc2ccccc2)c1)c1cnc2c(c1)CCCC2. The number of amides is 1. The predicted octanol–water partition coefficient (Wildman–Crippen LogP) is 3.46. The maximum Gasteiger partial charge on any atom is 0.257 e. The van der Waals surface area contributed by atoms with Crippen LogP contribution in [-0.4, -0.2) is 20.7 Å². The van der Waals surface area contributed by atoms with Gasteiger partial charge in [-0.05, 0) is 42.9 Å². The van der Waals surface area contributed by atoms with E-state index in [-0.39, 0.29) is 5.91 Å². The van der Waals surface area contributed by atoms with Crippen LogP contribution in [0.4, 0.5) is 5.69 Å². The number of benzene rings is 1. The highest BCUT2D eigenvalue weighted by molar-refractivity contribution is 6.04. The number of aromatic nitrogens is 3. The minimum absolute atomic E-state index is 0.139. The average Bonchev–Trinajstić information content (AvgIpc) is 3.09. The number of hydrogen-bond donors (Lipinski definition) is 1. The van der Waals surface area contributed by atoms with Gasteiger partial charge in [0.15, 0.2) is 0 Å². The Bertz CT molecular complexity index is 886. The fourth-order valence-electron chi connectivity index (χ4n) is 3.20. The van der Waals surface area contributed by atoms with Gasteiger partial charge in [0.2, 0.25) is 0 Å². The van der Waals surface area contributed by atoms with Crippen LogP contribution in [0.1, 0.15) is 40.0 Å². The highest BCUT2D eigenvalue weighted by Crippen LogP contribution is 2.20. The maximum atomic E-state index is 12.5. The van der Waals surface area contributed by atoms with E-state index in [1.807, 2.05) is 35.1 Å². The zero-order chi connectivity index (χ0) is 17.1. The molecule has 2 heterocycles. The third-order valence-electron chi connectivity index (χ3n) is 4.51. The van der Waals surface area contributed by atoms with Crippen LogP contribution in [0, 0.1) is 0 Å². The highest BCUT2D eigenvalue weighted by atomic mass is 16.1. The van der Waals surface area contributed by atoms with E-state index in [4.69, 9.17) is 0 Å². The first-order valence-corrected chi connectivity index (χ1v) is 8.63. The number of nitrogens with zero attached hydrogens (tertiary/aromatic N) is 3. The van der Waals surface area contributed by atoms with E-state index in [0.717, 1.165) is 18.5 Å². The molecule has 126 valence electrons. The van der Waals surface area contributed by atoms with E-state index in [9.17, 15) is 4.79 Å². The molecule has 0 radical (unpaired) electrons. The minimum atomic E-state index is -0.139. The Balaban J connectivity index is 1.44. The molecule has 1 amide bonds. The van der Waals surface area contributed by atoms with E-state index >= 15 is 0 Å². The second-order valence-electron chi connectivity index (χ2n) is 6.40. The van der Waals surface area contributed by atoms with E-state index in [0.29, 0.717) is 17.8 Å². The van der Waals surface area contributed by atoms with Crippen molar-refractivity contribution in [3.8, 4) is 0 Å². The van der Waals surface area contributed by atoms with Gasteiger partial charge in [0.05, 0.1) is 24.0 Å². The van der Waals surface area contributed by atoms with Gasteiger partial charge in [-0.3, -0.25) is 14.5 Å². The van der Waals surface area contributed by atoms with E-state index in [2.05, 4.69) is 27.5 Å². The number of rotatable bonds is 4. The number of pyridine rings is 1. The van der Waals surface area contributed by atoms with Gasteiger partial charge in [0.1, 0.15) is 0 Å². The molecule has 3 aromatic rings. The molecule has 2 aromatic heterocycles. The van der Waals surface area contributed by atoms with Gasteiger partial charge >= 0.3 is 0 Å². The number of fused-ring (bicyclic) bond motifs is 1. The lowest BCUT2D eigenvalue weighted by Gasteiger charge is -2.15. The summed E-state index contributed by atoms with van der Waals surface area (Å²) in [5, 5.41) is 7.22. The van der Waals surface area contributed by atoms with Crippen LogP contribution < -0.4 is 5.32 Å². The lowest BCUT2D eigenvalue weighted by molar-refractivity contribution is 0.102. The van der Waals surface area contributed by atoms with Crippen molar-refractivity contribution in [2.75, 3.05) is 5.32 Å². The summed E-state index contributed by atoms with van der Waals surface area (Å²) in [6.45, 7) is 0.678. The molecule has 0 spiro atoms. The van der Waals surface area contributed by atoms with Crippen molar-refractivity contribution in [1.29, 1.82) is 0 Å². The summed E-state index contributed by atoms with van der Waals surface area (Å²) < 4.78 is 1.82. The number of carbonyl (C=O) groups excluding carboxylic acids is 1. The topological polar surface area (TPSA) is 59.8 Å². The van der Waals surface area contributed by atoms with Crippen molar-refractivity contribution in [3.63, 3.8) is 0 Å². The summed E-state index contributed by atoms with van der Waals surface area (Å²) in [5.41, 5.74) is 4.81. The van der Waals surface area contributed by atoms with Gasteiger partial charge in [0, 0.05) is 18.1 Å². The average molecular weight is 332 g/mol. The predicted molar refractivity (Wildman–Crippen MR) is 96.6 cm³/mol. The molecule has 0 saturated carbocycles. The van der Waals surface area contributed by atoms with Crippen LogP contribution in [0.3, 0.4) is 0 Å². The van der Waals surface area contributed by atoms with Crippen LogP contribution in [0.2, 0.25) is 0 Å². The summed E-state index contributed by atoms with van der Waals surface area (Å²) in [5.74, 6) is -0.139. The van der Waals surface area contributed by atoms with Crippen molar-refractivity contribution in [1.82, 2.24) is 14.8 Å². The van der Waals surface area contributed by atoms with E-state index in [1.54, 1.807) is 12.4 Å². The molecular weight excluding hydrogens is 312 g/mol. The molecular formula is C20H20N4O. The Hall–Kier alpha value is -2.95. The molecule has 0 bridgehead atoms. The molecule has 5 heteroatoms. The van der Waals surface area contributed by atoms with Crippen molar-refractivity contribution in [2.45, 2.75) is 32.2 Å². The zero-order valence-electron chi connectivity index (χ0n) is 14.0. The lowest BCUT2D eigenvalue weighted by Crippen LogP contribution is -2.14. The van der Waals surface area contributed by atoms with Crippen molar-refractivity contribution in [3.05, 3.63) is 77.4 Å². The fraction of sp³-hybridized carbons (Fsp3) is 0.250. The minimum Gasteiger partial charge on any atom is -0.319 e. The monoisotopic (exact) mass is 332 g/mol. The highest BCUT2D eigenvalue weighted by Gasteiger charge is 2.14. The number of carbonyl (C=O) groups is 1. The van der Waals surface area contributed by atoms with Crippen molar-refractivity contribution >= 4 is 11.6 Å². The van der Waals surface area contributed by atoms with Gasteiger partial charge in [-0.25, -0.2) is 0 Å². The van der Waals surface area contributed by atoms with Crippen LogP contribution >= 0.6 is 0 Å². The first kappa shape index (κ1) is 15.6. The summed E-state index contributed by atoms with van der Waals surface area (Å²) >= 11 is 0. The molecule has 4 rings (SSSR count). The van der Waals surface area contributed by atoms with E-state index in [1.165, 1.54) is 24.0 Å². The summed E-state index contributed by atoms with van der Waals surface area (Å²) in [4.78, 5) is 16.9. The summed E-state index contributed by atoms with van der Waals surface area (Å²) in [6, 6.07) is 12.1. The summed E-state index contributed by atoms with van der Waals surface area (Å²) in [6.07, 6.45) is 9.58. The van der Waals surface area contributed by atoms with Crippen LogP contribution in [0.25, 0.3) is 0 Å². The molecule has 0 fully saturated rings. The lowest BCUT2D eigenvalue weighted by atomic mass is 9.95. The molecule has 1 aromatic carbocycles. The van der Waals surface area contributed by atoms with Crippen LogP contribution in [-0.2, 0) is 19.4 Å². The Labute approximate surface area is 146 Å². The van der Waals surface area contributed by atoms with Crippen LogP contribution in [0.5, 0.6) is 0 Å². The first-order chi connectivity index (χ1) is 12.3. The first-order valence-electron chi connectivity index (χ1n) is 8.63.